The Morgan fingerprint density at radius 3 is 2.31 bits per heavy atom. The summed E-state index contributed by atoms with van der Waals surface area (Å²) in [5.74, 6) is 0.355. The van der Waals surface area contributed by atoms with E-state index < -0.39 is 0 Å². The molecule has 3 rings (SSSR count). The average Bonchev–Trinajstić information content (AvgIpc) is 2.79. The van der Waals surface area contributed by atoms with Crippen LogP contribution in [0, 0.1) is 0 Å². The molecule has 0 bridgehead atoms. The minimum absolute atomic E-state index is 0.0223. The maximum Gasteiger partial charge on any atom is 0.236 e. The predicted molar refractivity (Wildman–Crippen MR) is 127 cm³/mol. The smallest absolute Gasteiger partial charge is 0.236 e. The average molecular weight is 485 g/mol. The van der Waals surface area contributed by atoms with E-state index in [1.54, 1.807) is 6.07 Å². The molecule has 2 aliphatic rings. The number of hydrogen-bond acceptors (Lipinski definition) is 5. The molecule has 2 aliphatic heterocycles. The van der Waals surface area contributed by atoms with E-state index in [-0.39, 0.29) is 17.7 Å². The highest BCUT2D eigenvalue weighted by Gasteiger charge is 2.24. The van der Waals surface area contributed by atoms with Gasteiger partial charge in [0.2, 0.25) is 11.8 Å². The molecule has 1 N–H and O–H groups in total. The van der Waals surface area contributed by atoms with Crippen molar-refractivity contribution in [2.75, 3.05) is 72.1 Å². The summed E-state index contributed by atoms with van der Waals surface area (Å²) in [6, 6.07) is 5.55. The van der Waals surface area contributed by atoms with E-state index >= 15 is 0 Å². The molecular formula is C23H34Cl2N4O3. The SMILES string of the molecule is CCCC(CNC(=O)CN1CCN(CC(=O)N2CCOCC2)CC1)c1ccc(Cl)cc1Cl. The summed E-state index contributed by atoms with van der Waals surface area (Å²) in [5, 5.41) is 4.34. The number of halogens is 2. The molecule has 1 unspecified atom stereocenters. The number of benzene rings is 1. The Morgan fingerprint density at radius 1 is 1.03 bits per heavy atom. The molecule has 0 aliphatic carbocycles. The fourth-order valence-electron chi connectivity index (χ4n) is 4.25. The van der Waals surface area contributed by atoms with Crippen LogP contribution in [-0.2, 0) is 14.3 Å². The molecule has 0 aromatic heterocycles. The van der Waals surface area contributed by atoms with E-state index in [2.05, 4.69) is 22.0 Å². The highest BCUT2D eigenvalue weighted by atomic mass is 35.5. The monoisotopic (exact) mass is 484 g/mol. The van der Waals surface area contributed by atoms with Crippen molar-refractivity contribution >= 4 is 35.0 Å². The van der Waals surface area contributed by atoms with Crippen LogP contribution < -0.4 is 5.32 Å². The lowest BCUT2D eigenvalue weighted by atomic mass is 9.94. The number of hydrogen-bond donors (Lipinski definition) is 1. The molecule has 1 aromatic carbocycles. The number of rotatable bonds is 9. The molecule has 178 valence electrons. The molecule has 2 heterocycles. The zero-order valence-electron chi connectivity index (χ0n) is 18.8. The maximum atomic E-state index is 12.6. The Hall–Kier alpha value is -1.38. The summed E-state index contributed by atoms with van der Waals surface area (Å²) in [6.45, 7) is 9.26. The molecular weight excluding hydrogens is 451 g/mol. The third kappa shape index (κ3) is 7.59. The summed E-state index contributed by atoms with van der Waals surface area (Å²) >= 11 is 12.4. The highest BCUT2D eigenvalue weighted by molar-refractivity contribution is 6.35. The number of carbonyl (C=O) groups excluding carboxylic acids is 2. The lowest BCUT2D eigenvalue weighted by molar-refractivity contribution is -0.137. The van der Waals surface area contributed by atoms with Crippen molar-refractivity contribution in [3.8, 4) is 0 Å². The molecule has 2 saturated heterocycles. The molecule has 2 fully saturated rings. The van der Waals surface area contributed by atoms with Gasteiger partial charge in [0.1, 0.15) is 0 Å². The predicted octanol–water partition coefficient (Wildman–Crippen LogP) is 2.47. The number of piperazine rings is 1. The molecule has 1 aromatic rings. The first kappa shape index (κ1) is 25.2. The molecule has 32 heavy (non-hydrogen) atoms. The van der Waals surface area contributed by atoms with Gasteiger partial charge in [0.25, 0.3) is 0 Å². The van der Waals surface area contributed by atoms with Gasteiger partial charge in [-0.2, -0.15) is 0 Å². The summed E-state index contributed by atoms with van der Waals surface area (Å²) in [7, 11) is 0. The summed E-state index contributed by atoms with van der Waals surface area (Å²) in [6.07, 6.45) is 1.95. The van der Waals surface area contributed by atoms with Crippen LogP contribution in [0.5, 0.6) is 0 Å². The van der Waals surface area contributed by atoms with Crippen molar-refractivity contribution < 1.29 is 14.3 Å². The fraction of sp³-hybridized carbons (Fsp3) is 0.652. The second-order valence-electron chi connectivity index (χ2n) is 8.50. The fourth-order valence-corrected chi connectivity index (χ4v) is 4.82. The third-order valence-electron chi connectivity index (χ3n) is 6.14. The van der Waals surface area contributed by atoms with Gasteiger partial charge >= 0.3 is 0 Å². The van der Waals surface area contributed by atoms with Crippen molar-refractivity contribution in [3.63, 3.8) is 0 Å². The Kier molecular flexibility index (Phi) is 10.1. The van der Waals surface area contributed by atoms with Crippen molar-refractivity contribution in [2.45, 2.75) is 25.7 Å². The van der Waals surface area contributed by atoms with Gasteiger partial charge in [-0.05, 0) is 24.1 Å². The van der Waals surface area contributed by atoms with Crippen LogP contribution in [0.2, 0.25) is 10.0 Å². The van der Waals surface area contributed by atoms with E-state index in [4.69, 9.17) is 27.9 Å². The quantitative estimate of drug-likeness (QED) is 0.583. The number of nitrogens with one attached hydrogen (secondary N) is 1. The van der Waals surface area contributed by atoms with Crippen LogP contribution in [0.4, 0.5) is 0 Å². The number of carbonyl (C=O) groups is 2. The summed E-state index contributed by atoms with van der Waals surface area (Å²) < 4.78 is 5.31. The zero-order chi connectivity index (χ0) is 22.9. The first-order valence-corrected chi connectivity index (χ1v) is 12.2. The van der Waals surface area contributed by atoms with Gasteiger partial charge in [0.15, 0.2) is 0 Å². The summed E-state index contributed by atoms with van der Waals surface area (Å²) in [4.78, 5) is 31.2. The minimum Gasteiger partial charge on any atom is -0.378 e. The summed E-state index contributed by atoms with van der Waals surface area (Å²) in [5.41, 5.74) is 1.02. The lowest BCUT2D eigenvalue weighted by Crippen LogP contribution is -2.53. The Labute approximate surface area is 200 Å². The second kappa shape index (κ2) is 12.8. The second-order valence-corrected chi connectivity index (χ2v) is 9.34. The number of amides is 2. The minimum atomic E-state index is 0.0223. The van der Waals surface area contributed by atoms with E-state index in [1.165, 1.54) is 0 Å². The zero-order valence-corrected chi connectivity index (χ0v) is 20.3. The van der Waals surface area contributed by atoms with Gasteiger partial charge in [-0.15, -0.1) is 0 Å². The Morgan fingerprint density at radius 2 is 1.69 bits per heavy atom. The number of morpholine rings is 1. The van der Waals surface area contributed by atoms with Gasteiger partial charge in [0, 0.05) is 61.8 Å². The first-order chi connectivity index (χ1) is 15.5. The molecule has 2 amide bonds. The normalized spacial score (nSPS) is 19.0. The lowest BCUT2D eigenvalue weighted by Gasteiger charge is -2.35. The van der Waals surface area contributed by atoms with Crippen LogP contribution in [0.3, 0.4) is 0 Å². The third-order valence-corrected chi connectivity index (χ3v) is 6.70. The topological polar surface area (TPSA) is 65.1 Å². The molecule has 0 saturated carbocycles. The van der Waals surface area contributed by atoms with Crippen molar-refractivity contribution in [1.29, 1.82) is 0 Å². The molecule has 0 spiro atoms. The molecule has 7 nitrogen and oxygen atoms in total. The van der Waals surface area contributed by atoms with Crippen LogP contribution in [0.15, 0.2) is 18.2 Å². The van der Waals surface area contributed by atoms with Crippen LogP contribution >= 0.6 is 23.2 Å². The van der Waals surface area contributed by atoms with Gasteiger partial charge in [-0.25, -0.2) is 0 Å². The van der Waals surface area contributed by atoms with Crippen molar-refractivity contribution in [2.24, 2.45) is 0 Å². The van der Waals surface area contributed by atoms with Crippen LogP contribution in [-0.4, -0.2) is 98.6 Å². The number of ether oxygens (including phenoxy) is 1. The van der Waals surface area contributed by atoms with Crippen molar-refractivity contribution in [3.05, 3.63) is 33.8 Å². The molecule has 0 radical (unpaired) electrons. The molecule has 1 atom stereocenters. The first-order valence-electron chi connectivity index (χ1n) is 11.5. The van der Waals surface area contributed by atoms with Crippen LogP contribution in [0.25, 0.3) is 0 Å². The van der Waals surface area contributed by atoms with Gasteiger partial charge in [0.05, 0.1) is 26.3 Å². The Balaban J connectivity index is 1.39. The van der Waals surface area contributed by atoms with E-state index in [9.17, 15) is 9.59 Å². The van der Waals surface area contributed by atoms with Crippen LogP contribution in [0.1, 0.15) is 31.2 Å². The highest BCUT2D eigenvalue weighted by Crippen LogP contribution is 2.30. The van der Waals surface area contributed by atoms with E-state index in [0.29, 0.717) is 56.0 Å². The van der Waals surface area contributed by atoms with Crippen molar-refractivity contribution in [1.82, 2.24) is 20.0 Å². The van der Waals surface area contributed by atoms with E-state index in [0.717, 1.165) is 44.6 Å². The standard InChI is InChI=1S/C23H34Cl2N4O3/c1-2-3-18(20-5-4-19(24)14-21(20)25)15-26-22(30)16-27-6-8-28(9-7-27)17-23(31)29-10-12-32-13-11-29/h4-5,14,18H,2-3,6-13,15-17H2,1H3,(H,26,30). The van der Waals surface area contributed by atoms with E-state index in [1.807, 2.05) is 17.0 Å². The van der Waals surface area contributed by atoms with Gasteiger partial charge in [-0.1, -0.05) is 42.6 Å². The van der Waals surface area contributed by atoms with Gasteiger partial charge < -0.3 is 15.0 Å². The Bertz CT molecular complexity index is 766. The molecule has 9 heteroatoms. The number of nitrogens with zero attached hydrogens (tertiary/aromatic N) is 3. The maximum absolute atomic E-state index is 12.6. The largest absolute Gasteiger partial charge is 0.378 e. The van der Waals surface area contributed by atoms with Gasteiger partial charge in [-0.3, -0.25) is 19.4 Å².